The van der Waals surface area contributed by atoms with E-state index >= 15 is 0 Å². The van der Waals surface area contributed by atoms with Crippen LogP contribution in [-0.2, 0) is 9.47 Å². The van der Waals surface area contributed by atoms with Crippen molar-refractivity contribution in [3.05, 3.63) is 59.2 Å². The van der Waals surface area contributed by atoms with Crippen LogP contribution in [0.1, 0.15) is 40.1 Å². The number of hydrogen-bond acceptors (Lipinski definition) is 6. The molecule has 0 radical (unpaired) electrons. The highest BCUT2D eigenvalue weighted by Crippen LogP contribution is 2.18. The molecule has 2 aromatic carbocycles. The lowest BCUT2D eigenvalue weighted by molar-refractivity contribution is 0.0525. The first-order valence-corrected chi connectivity index (χ1v) is 7.86. The van der Waals surface area contributed by atoms with Crippen molar-refractivity contribution in [3.8, 4) is 5.75 Å². The molecule has 1 N–H and O–H groups in total. The summed E-state index contributed by atoms with van der Waals surface area (Å²) in [6, 6.07) is 10.9. The second-order valence-corrected chi connectivity index (χ2v) is 5.02. The Balaban J connectivity index is 2.36. The predicted octanol–water partition coefficient (Wildman–Crippen LogP) is 3.50. The molecular weight excluding hydrogens is 322 g/mol. The van der Waals surface area contributed by atoms with E-state index in [-0.39, 0.29) is 30.1 Å². The smallest absolute Gasteiger partial charge is 0.338 e. The minimum absolute atomic E-state index is 0.143. The average Bonchev–Trinajstić information content (AvgIpc) is 2.61. The molecule has 0 fully saturated rings. The first-order chi connectivity index (χ1) is 12.0. The number of rotatable bonds is 6. The Hall–Kier alpha value is -3.15. The van der Waals surface area contributed by atoms with Crippen molar-refractivity contribution < 1.29 is 24.2 Å². The molecule has 0 heterocycles. The minimum atomic E-state index is -0.541. The van der Waals surface area contributed by atoms with Crippen LogP contribution in [0, 0.1) is 0 Å². The molecule has 0 saturated carbocycles. The topological polar surface area (TPSA) is 85.2 Å². The molecule has 0 saturated heterocycles. The molecule has 0 atom stereocenters. The van der Waals surface area contributed by atoms with E-state index in [2.05, 4.69) is 4.99 Å². The molecule has 0 aliphatic rings. The number of esters is 2. The predicted molar refractivity (Wildman–Crippen MR) is 93.7 cm³/mol. The molecule has 130 valence electrons. The van der Waals surface area contributed by atoms with E-state index in [1.165, 1.54) is 24.4 Å². The molecule has 0 bridgehead atoms. The number of phenols is 1. The summed E-state index contributed by atoms with van der Waals surface area (Å²) in [7, 11) is 0. The van der Waals surface area contributed by atoms with E-state index in [1.807, 2.05) is 0 Å². The van der Waals surface area contributed by atoms with Gasteiger partial charge in [0.05, 0.1) is 30.0 Å². The van der Waals surface area contributed by atoms with Crippen LogP contribution in [0.15, 0.2) is 47.5 Å². The number of aliphatic imine (C=N–C) groups is 1. The van der Waals surface area contributed by atoms with Gasteiger partial charge in [-0.3, -0.25) is 4.99 Å². The van der Waals surface area contributed by atoms with Gasteiger partial charge in [0.1, 0.15) is 5.75 Å². The van der Waals surface area contributed by atoms with Gasteiger partial charge in [-0.2, -0.15) is 0 Å². The zero-order valence-corrected chi connectivity index (χ0v) is 14.1. The van der Waals surface area contributed by atoms with Crippen molar-refractivity contribution in [1.29, 1.82) is 0 Å². The lowest BCUT2D eigenvalue weighted by Gasteiger charge is -2.08. The normalized spacial score (nSPS) is 10.6. The Morgan fingerprint density at radius 3 is 2.28 bits per heavy atom. The van der Waals surface area contributed by atoms with Gasteiger partial charge in [0.15, 0.2) is 0 Å². The Morgan fingerprint density at radius 1 is 1.00 bits per heavy atom. The van der Waals surface area contributed by atoms with Crippen molar-refractivity contribution >= 4 is 23.8 Å². The van der Waals surface area contributed by atoms with E-state index in [9.17, 15) is 14.7 Å². The summed E-state index contributed by atoms with van der Waals surface area (Å²) in [5, 5.41) is 9.29. The van der Waals surface area contributed by atoms with Crippen LogP contribution < -0.4 is 0 Å². The molecule has 6 nitrogen and oxygen atoms in total. The number of benzene rings is 2. The van der Waals surface area contributed by atoms with E-state index in [0.29, 0.717) is 11.3 Å². The van der Waals surface area contributed by atoms with Gasteiger partial charge in [0, 0.05) is 11.8 Å². The fraction of sp³-hybridized carbons (Fsp3) is 0.211. The maximum atomic E-state index is 12.2. The molecule has 6 heteroatoms. The van der Waals surface area contributed by atoms with Crippen LogP contribution in [0.3, 0.4) is 0 Å². The van der Waals surface area contributed by atoms with Crippen molar-refractivity contribution in [3.63, 3.8) is 0 Å². The third kappa shape index (κ3) is 4.91. The summed E-state index contributed by atoms with van der Waals surface area (Å²) in [6.45, 7) is 3.88. The lowest BCUT2D eigenvalue weighted by atomic mass is 10.0. The Morgan fingerprint density at radius 2 is 1.64 bits per heavy atom. The number of aromatic hydroxyl groups is 1. The van der Waals surface area contributed by atoms with Crippen molar-refractivity contribution in [2.45, 2.75) is 13.8 Å². The molecule has 0 amide bonds. The second kappa shape index (κ2) is 8.63. The molecule has 0 aliphatic carbocycles. The molecule has 0 aliphatic heterocycles. The highest BCUT2D eigenvalue weighted by atomic mass is 16.5. The van der Waals surface area contributed by atoms with Gasteiger partial charge in [0.2, 0.25) is 0 Å². The average molecular weight is 341 g/mol. The third-order valence-corrected chi connectivity index (χ3v) is 3.26. The van der Waals surface area contributed by atoms with E-state index in [0.717, 1.165) is 0 Å². The quantitative estimate of drug-likeness (QED) is 0.642. The number of ether oxygens (including phenoxy) is 2. The maximum Gasteiger partial charge on any atom is 0.338 e. The largest absolute Gasteiger partial charge is 0.508 e. The molecule has 0 unspecified atom stereocenters. The van der Waals surface area contributed by atoms with Crippen LogP contribution in [-0.4, -0.2) is 36.5 Å². The molecule has 0 spiro atoms. The highest BCUT2D eigenvalue weighted by Gasteiger charge is 2.16. The van der Waals surface area contributed by atoms with Gasteiger partial charge in [-0.05, 0) is 50.2 Å². The highest BCUT2D eigenvalue weighted by molar-refractivity contribution is 6.02. The van der Waals surface area contributed by atoms with Crippen LogP contribution in [0.5, 0.6) is 5.75 Å². The van der Waals surface area contributed by atoms with Crippen LogP contribution >= 0.6 is 0 Å². The van der Waals surface area contributed by atoms with Crippen LogP contribution in [0.4, 0.5) is 5.69 Å². The first-order valence-electron chi connectivity index (χ1n) is 7.86. The summed E-state index contributed by atoms with van der Waals surface area (Å²) < 4.78 is 10.00. The fourth-order valence-electron chi connectivity index (χ4n) is 2.08. The Kier molecular flexibility index (Phi) is 6.28. The van der Waals surface area contributed by atoms with Gasteiger partial charge in [-0.15, -0.1) is 0 Å². The SMILES string of the molecule is CCOC(=O)c1ccc(C=Nc2ccc(O)cc2)c(C(=O)OCC)c1. The summed E-state index contributed by atoms with van der Waals surface area (Å²) in [5.41, 5.74) is 1.63. The zero-order valence-electron chi connectivity index (χ0n) is 14.1. The van der Waals surface area contributed by atoms with Crippen molar-refractivity contribution in [1.82, 2.24) is 0 Å². The molecule has 25 heavy (non-hydrogen) atoms. The number of nitrogens with zero attached hydrogens (tertiary/aromatic N) is 1. The standard InChI is InChI=1S/C19H19NO5/c1-3-24-18(22)13-5-6-14(17(11-13)19(23)25-4-2)12-20-15-7-9-16(21)10-8-15/h5-12,21H,3-4H2,1-2H3. The molecule has 2 rings (SSSR count). The second-order valence-electron chi connectivity index (χ2n) is 5.02. The zero-order chi connectivity index (χ0) is 18.2. The molecular formula is C19H19NO5. The van der Waals surface area contributed by atoms with Gasteiger partial charge in [-0.25, -0.2) is 9.59 Å². The van der Waals surface area contributed by atoms with Crippen LogP contribution in [0.2, 0.25) is 0 Å². The monoisotopic (exact) mass is 341 g/mol. The lowest BCUT2D eigenvalue weighted by Crippen LogP contribution is -2.11. The summed E-state index contributed by atoms with van der Waals surface area (Å²) in [6.07, 6.45) is 1.51. The molecule has 0 aromatic heterocycles. The first kappa shape index (κ1) is 18.2. The fourth-order valence-corrected chi connectivity index (χ4v) is 2.08. The minimum Gasteiger partial charge on any atom is -0.508 e. The maximum absolute atomic E-state index is 12.2. The Bertz CT molecular complexity index is 781. The summed E-state index contributed by atoms with van der Waals surface area (Å²) >= 11 is 0. The van der Waals surface area contributed by atoms with E-state index in [1.54, 1.807) is 38.1 Å². The number of carbonyl (C=O) groups excluding carboxylic acids is 2. The van der Waals surface area contributed by atoms with Gasteiger partial charge < -0.3 is 14.6 Å². The Labute approximate surface area is 145 Å². The van der Waals surface area contributed by atoms with Gasteiger partial charge >= 0.3 is 11.9 Å². The van der Waals surface area contributed by atoms with E-state index < -0.39 is 11.9 Å². The third-order valence-electron chi connectivity index (χ3n) is 3.26. The van der Waals surface area contributed by atoms with Gasteiger partial charge in [-0.1, -0.05) is 6.07 Å². The van der Waals surface area contributed by atoms with E-state index in [4.69, 9.17) is 9.47 Å². The number of phenolic OH excluding ortho intramolecular Hbond substituents is 1. The number of carbonyl (C=O) groups is 2. The van der Waals surface area contributed by atoms with Crippen molar-refractivity contribution in [2.24, 2.45) is 4.99 Å². The number of hydrogen-bond donors (Lipinski definition) is 1. The van der Waals surface area contributed by atoms with Crippen molar-refractivity contribution in [2.75, 3.05) is 13.2 Å². The van der Waals surface area contributed by atoms with Crippen LogP contribution in [0.25, 0.3) is 0 Å². The summed E-state index contributed by atoms with van der Waals surface area (Å²) in [4.78, 5) is 28.3. The van der Waals surface area contributed by atoms with Gasteiger partial charge in [0.25, 0.3) is 0 Å². The molecule has 2 aromatic rings. The summed E-state index contributed by atoms with van der Waals surface area (Å²) in [5.74, 6) is -0.902.